The molecule has 0 aromatic carbocycles. The van der Waals surface area contributed by atoms with Gasteiger partial charge in [0.2, 0.25) is 0 Å². The summed E-state index contributed by atoms with van der Waals surface area (Å²) in [5.41, 5.74) is 2.81. The SMILES string of the molecule is C=C/C(CC)=C(\C=N)CCC1=CC(/C=C\C)N=C(NC(=O)C2=CCCC=C2)S1. The number of amidine groups is 1. The van der Waals surface area contributed by atoms with Gasteiger partial charge in [0.05, 0.1) is 6.04 Å². The van der Waals surface area contributed by atoms with Crippen LogP contribution in [-0.4, -0.2) is 23.3 Å². The minimum atomic E-state index is -0.109. The molecule has 28 heavy (non-hydrogen) atoms. The molecule has 0 aromatic rings. The fourth-order valence-electron chi connectivity index (χ4n) is 3.07. The van der Waals surface area contributed by atoms with Gasteiger partial charge in [0.25, 0.3) is 5.91 Å². The summed E-state index contributed by atoms with van der Waals surface area (Å²) in [6, 6.07) is -0.0788. The first kappa shape index (κ1) is 21.9. The van der Waals surface area contributed by atoms with Gasteiger partial charge in [0.1, 0.15) is 0 Å². The first-order valence-corrected chi connectivity index (χ1v) is 10.5. The quantitative estimate of drug-likeness (QED) is 0.318. The number of nitrogens with one attached hydrogen (secondary N) is 2. The highest BCUT2D eigenvalue weighted by molar-refractivity contribution is 8.17. The molecule has 1 amide bonds. The molecule has 1 atom stereocenters. The van der Waals surface area contributed by atoms with Crippen LogP contribution in [0.4, 0.5) is 0 Å². The molecule has 0 saturated heterocycles. The van der Waals surface area contributed by atoms with Crippen molar-refractivity contribution in [1.82, 2.24) is 5.32 Å². The Morgan fingerprint density at radius 3 is 2.86 bits per heavy atom. The number of allylic oxidation sites excluding steroid dienone is 7. The van der Waals surface area contributed by atoms with E-state index in [-0.39, 0.29) is 11.9 Å². The van der Waals surface area contributed by atoms with Crippen molar-refractivity contribution in [3.63, 3.8) is 0 Å². The highest BCUT2D eigenvalue weighted by Gasteiger charge is 2.19. The zero-order chi connectivity index (χ0) is 20.4. The van der Waals surface area contributed by atoms with E-state index >= 15 is 0 Å². The van der Waals surface area contributed by atoms with Gasteiger partial charge in [-0.25, -0.2) is 0 Å². The van der Waals surface area contributed by atoms with Crippen LogP contribution in [0.25, 0.3) is 0 Å². The van der Waals surface area contributed by atoms with Crippen LogP contribution in [0.15, 0.2) is 75.7 Å². The number of rotatable bonds is 8. The Morgan fingerprint density at radius 1 is 1.43 bits per heavy atom. The predicted octanol–water partition coefficient (Wildman–Crippen LogP) is 5.63. The van der Waals surface area contributed by atoms with Crippen molar-refractivity contribution in [2.24, 2.45) is 4.99 Å². The molecule has 2 N–H and O–H groups in total. The summed E-state index contributed by atoms with van der Waals surface area (Å²) in [6.07, 6.45) is 19.6. The molecular weight excluding hydrogens is 366 g/mol. The first-order chi connectivity index (χ1) is 13.6. The molecule has 4 nitrogen and oxygen atoms in total. The fraction of sp³-hybridized carbons (Fsp3) is 0.348. The van der Waals surface area contributed by atoms with E-state index in [0.29, 0.717) is 10.7 Å². The van der Waals surface area contributed by atoms with Gasteiger partial charge in [-0.2, -0.15) is 0 Å². The lowest BCUT2D eigenvalue weighted by atomic mass is 10.0. The molecule has 0 fully saturated rings. The van der Waals surface area contributed by atoms with E-state index in [1.54, 1.807) is 0 Å². The van der Waals surface area contributed by atoms with Crippen molar-refractivity contribution >= 4 is 29.1 Å². The second-order valence-corrected chi connectivity index (χ2v) is 7.65. The lowest BCUT2D eigenvalue weighted by Crippen LogP contribution is -2.31. The molecule has 148 valence electrons. The molecule has 5 heteroatoms. The summed E-state index contributed by atoms with van der Waals surface area (Å²) >= 11 is 1.50. The largest absolute Gasteiger partial charge is 0.308 e. The van der Waals surface area contributed by atoms with Crippen molar-refractivity contribution < 1.29 is 4.79 Å². The molecule has 1 aliphatic carbocycles. The van der Waals surface area contributed by atoms with Gasteiger partial charge in [0, 0.05) is 11.8 Å². The highest BCUT2D eigenvalue weighted by atomic mass is 32.2. The number of carbonyl (C=O) groups is 1. The number of nitrogens with zero attached hydrogens (tertiary/aromatic N) is 1. The van der Waals surface area contributed by atoms with Gasteiger partial charge >= 0.3 is 0 Å². The van der Waals surface area contributed by atoms with E-state index in [9.17, 15) is 4.79 Å². The number of amides is 1. The topological polar surface area (TPSA) is 65.3 Å². The average molecular weight is 396 g/mol. The third kappa shape index (κ3) is 6.34. The van der Waals surface area contributed by atoms with E-state index < -0.39 is 0 Å². The van der Waals surface area contributed by atoms with Crippen LogP contribution in [0, 0.1) is 5.41 Å². The Balaban J connectivity index is 2.09. The average Bonchev–Trinajstić information content (AvgIpc) is 2.72. The van der Waals surface area contributed by atoms with Crippen molar-refractivity contribution in [3.05, 3.63) is 70.7 Å². The maximum Gasteiger partial charge on any atom is 0.256 e. The van der Waals surface area contributed by atoms with Crippen LogP contribution in [0.5, 0.6) is 0 Å². The zero-order valence-corrected chi connectivity index (χ0v) is 17.5. The molecular formula is C23H29N3OS. The van der Waals surface area contributed by atoms with E-state index in [1.165, 1.54) is 18.0 Å². The normalized spacial score (nSPS) is 20.1. The van der Waals surface area contributed by atoms with E-state index in [2.05, 4.69) is 29.9 Å². The van der Waals surface area contributed by atoms with Crippen LogP contribution in [0.1, 0.15) is 46.0 Å². The lowest BCUT2D eigenvalue weighted by molar-refractivity contribution is -0.115. The number of thioether (sulfide) groups is 1. The molecule has 1 heterocycles. The Morgan fingerprint density at radius 2 is 2.25 bits per heavy atom. The highest BCUT2D eigenvalue weighted by Crippen LogP contribution is 2.30. The molecule has 0 saturated carbocycles. The van der Waals surface area contributed by atoms with Gasteiger partial charge < -0.3 is 10.7 Å². The van der Waals surface area contributed by atoms with Crippen molar-refractivity contribution in [1.29, 1.82) is 5.41 Å². The van der Waals surface area contributed by atoms with Crippen molar-refractivity contribution in [3.8, 4) is 0 Å². The maximum atomic E-state index is 12.5. The van der Waals surface area contributed by atoms with E-state index in [0.717, 1.165) is 48.2 Å². The Labute approximate surface area is 172 Å². The molecule has 0 radical (unpaired) electrons. The third-order valence-corrected chi connectivity index (χ3v) is 5.58. The summed E-state index contributed by atoms with van der Waals surface area (Å²) in [6.45, 7) is 7.90. The summed E-state index contributed by atoms with van der Waals surface area (Å²) in [7, 11) is 0. The monoisotopic (exact) mass is 395 g/mol. The van der Waals surface area contributed by atoms with Crippen molar-refractivity contribution in [2.45, 2.75) is 52.0 Å². The van der Waals surface area contributed by atoms with Crippen LogP contribution < -0.4 is 5.32 Å². The first-order valence-electron chi connectivity index (χ1n) is 9.73. The standard InChI is InChI=1S/C23H29N3OS/c1-4-10-20-15-21(14-13-19(16-24)17(5-2)6-3)28-23(25-20)26-22(27)18-11-8-7-9-12-18/h4-5,8,10-12,15-16,20,24H,2,6-7,9,13-14H2,1,3H3,(H,25,26,27)/b10-4-,19-17+,24-16?. The Bertz CT molecular complexity index is 797. The molecule has 0 aromatic heterocycles. The van der Waals surface area contributed by atoms with Crippen LogP contribution in [0.2, 0.25) is 0 Å². The third-order valence-electron chi connectivity index (χ3n) is 4.57. The number of hydrogen-bond acceptors (Lipinski definition) is 4. The number of aliphatic imine (C=N–C) groups is 1. The van der Waals surface area contributed by atoms with Crippen LogP contribution >= 0.6 is 11.8 Å². The van der Waals surface area contributed by atoms with Crippen molar-refractivity contribution in [2.75, 3.05) is 0 Å². The van der Waals surface area contributed by atoms with Crippen LogP contribution in [-0.2, 0) is 4.79 Å². The second kappa shape index (κ2) is 11.4. The minimum Gasteiger partial charge on any atom is -0.308 e. The Hall–Kier alpha value is -2.40. The second-order valence-electron chi connectivity index (χ2n) is 6.53. The fourth-order valence-corrected chi connectivity index (χ4v) is 4.05. The van der Waals surface area contributed by atoms with E-state index in [4.69, 9.17) is 5.41 Å². The minimum absolute atomic E-state index is 0.0788. The zero-order valence-electron chi connectivity index (χ0n) is 16.7. The summed E-state index contributed by atoms with van der Waals surface area (Å²) in [4.78, 5) is 18.3. The van der Waals surface area contributed by atoms with Crippen LogP contribution in [0.3, 0.4) is 0 Å². The molecule has 0 bridgehead atoms. The molecule has 2 rings (SSSR count). The van der Waals surface area contributed by atoms with Gasteiger partial charge in [-0.1, -0.05) is 61.7 Å². The summed E-state index contributed by atoms with van der Waals surface area (Å²) in [5.74, 6) is -0.109. The molecule has 2 aliphatic rings. The van der Waals surface area contributed by atoms with Gasteiger partial charge in [-0.15, -0.1) is 0 Å². The Kier molecular flexibility index (Phi) is 8.95. The van der Waals surface area contributed by atoms with E-state index in [1.807, 2.05) is 43.4 Å². The van der Waals surface area contributed by atoms with Gasteiger partial charge in [0.15, 0.2) is 5.17 Å². The number of hydrogen-bond donors (Lipinski definition) is 2. The predicted molar refractivity (Wildman–Crippen MR) is 122 cm³/mol. The molecule has 1 unspecified atom stereocenters. The summed E-state index contributed by atoms with van der Waals surface area (Å²) in [5, 5.41) is 11.3. The summed E-state index contributed by atoms with van der Waals surface area (Å²) < 4.78 is 0. The smallest absolute Gasteiger partial charge is 0.256 e. The van der Waals surface area contributed by atoms with Gasteiger partial charge in [-0.3, -0.25) is 9.79 Å². The maximum absolute atomic E-state index is 12.5. The number of carbonyl (C=O) groups excluding carboxylic acids is 1. The lowest BCUT2D eigenvalue weighted by Gasteiger charge is -2.19. The molecule has 1 aliphatic heterocycles. The molecule has 0 spiro atoms. The van der Waals surface area contributed by atoms with Gasteiger partial charge in [-0.05, 0) is 61.2 Å².